The third-order valence-electron chi connectivity index (χ3n) is 7.03. The van der Waals surface area contributed by atoms with Crippen LogP contribution in [0, 0.1) is 17.8 Å². The highest BCUT2D eigenvalue weighted by molar-refractivity contribution is 7.50. The first-order valence-electron chi connectivity index (χ1n) is 9.58. The normalized spacial score (nSPS) is 36.4. The lowest BCUT2D eigenvalue weighted by Gasteiger charge is -2.62. The molecule has 0 aromatic heterocycles. The summed E-state index contributed by atoms with van der Waals surface area (Å²) in [6.07, 6.45) is 15.1. The van der Waals surface area contributed by atoms with E-state index in [2.05, 4.69) is 0 Å². The summed E-state index contributed by atoms with van der Waals surface area (Å²) in [4.78, 5) is 25.1. The van der Waals surface area contributed by atoms with E-state index in [-0.39, 0.29) is 11.8 Å². The first-order valence-corrected chi connectivity index (χ1v) is 11.1. The van der Waals surface area contributed by atoms with Crippen LogP contribution in [0.2, 0.25) is 0 Å². The molecule has 0 heterocycles. The van der Waals surface area contributed by atoms with Gasteiger partial charge >= 0.3 is 0 Å². The first kappa shape index (κ1) is 17.0. The van der Waals surface area contributed by atoms with Gasteiger partial charge in [0.15, 0.2) is 0 Å². The fourth-order valence-electron chi connectivity index (χ4n) is 6.06. The molecule has 2 atom stereocenters. The molecule has 3 rings (SSSR count). The van der Waals surface area contributed by atoms with Gasteiger partial charge in [-0.1, -0.05) is 71.8 Å². The molecule has 0 N–H and O–H groups in total. The molecule has 3 fully saturated rings. The van der Waals surface area contributed by atoms with Crippen molar-refractivity contribution in [3.05, 3.63) is 0 Å². The van der Waals surface area contributed by atoms with Gasteiger partial charge in [0.25, 0.3) is 0 Å². The van der Waals surface area contributed by atoms with E-state index >= 15 is 0 Å². The highest BCUT2D eigenvalue weighted by Crippen LogP contribution is 2.64. The molecule has 4 heteroatoms. The van der Waals surface area contributed by atoms with Crippen molar-refractivity contribution in [2.75, 3.05) is 0 Å². The third kappa shape index (κ3) is 3.06. The van der Waals surface area contributed by atoms with E-state index in [9.17, 15) is 14.4 Å². The van der Waals surface area contributed by atoms with Crippen molar-refractivity contribution >= 4 is 7.60 Å². The highest BCUT2D eigenvalue weighted by Gasteiger charge is 2.51. The molecule has 0 amide bonds. The van der Waals surface area contributed by atoms with Crippen LogP contribution >= 0.6 is 7.60 Å². The van der Waals surface area contributed by atoms with Gasteiger partial charge in [-0.05, 0) is 43.4 Å². The quantitative estimate of drug-likeness (QED) is 0.737. The SMILES string of the molecule is O=P([O-])([O-])C1(C2CCCCC2)CCCCC1C1CCCCC1. The maximum atomic E-state index is 12.5. The molecule has 22 heavy (non-hydrogen) atoms. The minimum absolute atomic E-state index is 0.148. The molecule has 0 saturated heterocycles. The van der Waals surface area contributed by atoms with Gasteiger partial charge in [-0.2, -0.15) is 0 Å². The molecule has 0 aromatic rings. The van der Waals surface area contributed by atoms with Crippen molar-refractivity contribution in [1.29, 1.82) is 0 Å². The minimum Gasteiger partial charge on any atom is -0.810 e. The predicted molar refractivity (Wildman–Crippen MR) is 85.4 cm³/mol. The van der Waals surface area contributed by atoms with E-state index in [1.54, 1.807) is 0 Å². The fraction of sp³-hybridized carbons (Fsp3) is 1.00. The second kappa shape index (κ2) is 6.95. The van der Waals surface area contributed by atoms with Crippen molar-refractivity contribution in [2.24, 2.45) is 17.8 Å². The smallest absolute Gasteiger partial charge is 0.00394 e. The standard InChI is InChI=1S/C18H33O3P/c19-22(20,21)18(16-11-5-2-6-12-16)14-8-7-13-17(18)15-9-3-1-4-10-15/h15-17H,1-14H2,(H2,19,20,21)/p-2. The van der Waals surface area contributed by atoms with E-state index in [4.69, 9.17) is 0 Å². The van der Waals surface area contributed by atoms with Crippen LogP contribution in [0.15, 0.2) is 0 Å². The van der Waals surface area contributed by atoms with Gasteiger partial charge in [0, 0.05) is 5.16 Å². The van der Waals surface area contributed by atoms with Gasteiger partial charge in [-0.3, -0.25) is 0 Å². The van der Waals surface area contributed by atoms with Gasteiger partial charge in [0.05, 0.1) is 0 Å². The number of hydrogen-bond donors (Lipinski definition) is 0. The summed E-state index contributed by atoms with van der Waals surface area (Å²) < 4.78 is 12.5. The Balaban J connectivity index is 1.94. The topological polar surface area (TPSA) is 63.2 Å². The van der Waals surface area contributed by atoms with Crippen LogP contribution < -0.4 is 9.79 Å². The van der Waals surface area contributed by atoms with Crippen LogP contribution in [0.3, 0.4) is 0 Å². The Hall–Kier alpha value is 0.150. The lowest BCUT2D eigenvalue weighted by Crippen LogP contribution is -2.55. The van der Waals surface area contributed by atoms with Gasteiger partial charge in [-0.15, -0.1) is 0 Å². The average molecular weight is 326 g/mol. The van der Waals surface area contributed by atoms with Crippen molar-refractivity contribution in [3.8, 4) is 0 Å². The third-order valence-corrected chi connectivity index (χ3v) is 8.97. The van der Waals surface area contributed by atoms with Crippen LogP contribution in [0.25, 0.3) is 0 Å². The summed E-state index contributed by atoms with van der Waals surface area (Å²) >= 11 is 0. The van der Waals surface area contributed by atoms with Crippen LogP contribution in [-0.4, -0.2) is 5.16 Å². The summed E-state index contributed by atoms with van der Waals surface area (Å²) in [5.74, 6) is 0.798. The Morgan fingerprint density at radius 3 is 1.86 bits per heavy atom. The summed E-state index contributed by atoms with van der Waals surface area (Å²) in [6.45, 7) is 0. The van der Waals surface area contributed by atoms with E-state index < -0.39 is 12.8 Å². The van der Waals surface area contributed by atoms with Crippen LogP contribution in [0.4, 0.5) is 0 Å². The molecule has 3 saturated carbocycles. The molecule has 0 aromatic carbocycles. The molecule has 3 nitrogen and oxygen atoms in total. The molecular formula is C18H31O3P-2. The van der Waals surface area contributed by atoms with Crippen LogP contribution in [0.5, 0.6) is 0 Å². The molecule has 2 unspecified atom stereocenters. The molecule has 0 bridgehead atoms. The Morgan fingerprint density at radius 1 is 0.727 bits per heavy atom. The Kier molecular flexibility index (Phi) is 5.37. The maximum Gasteiger partial charge on any atom is 0.00394 e. The zero-order chi connectivity index (χ0) is 15.6. The molecule has 128 valence electrons. The van der Waals surface area contributed by atoms with Crippen LogP contribution in [-0.2, 0) is 4.57 Å². The van der Waals surface area contributed by atoms with Crippen molar-refractivity contribution in [2.45, 2.75) is 95.0 Å². The molecule has 0 spiro atoms. The first-order chi connectivity index (χ1) is 10.6. The zero-order valence-electron chi connectivity index (χ0n) is 13.8. The highest BCUT2D eigenvalue weighted by atomic mass is 31.2. The summed E-state index contributed by atoms with van der Waals surface area (Å²) in [5, 5.41) is -0.895. The van der Waals surface area contributed by atoms with Crippen molar-refractivity contribution in [1.82, 2.24) is 0 Å². The molecule has 0 aliphatic heterocycles. The number of hydrogen-bond acceptors (Lipinski definition) is 3. The summed E-state index contributed by atoms with van der Waals surface area (Å²) in [7, 11) is -4.56. The second-order valence-corrected chi connectivity index (χ2v) is 9.90. The second-order valence-electron chi connectivity index (χ2n) is 8.07. The summed E-state index contributed by atoms with van der Waals surface area (Å²) in [5.41, 5.74) is 0. The molecule has 3 aliphatic carbocycles. The number of rotatable bonds is 3. The maximum absolute atomic E-state index is 12.5. The van der Waals surface area contributed by atoms with E-state index in [1.165, 1.54) is 25.7 Å². The van der Waals surface area contributed by atoms with E-state index in [0.29, 0.717) is 12.3 Å². The molecule has 0 radical (unpaired) electrons. The Morgan fingerprint density at radius 2 is 1.27 bits per heavy atom. The lowest BCUT2D eigenvalue weighted by molar-refractivity contribution is -0.326. The van der Waals surface area contributed by atoms with Gasteiger partial charge in [0.1, 0.15) is 0 Å². The van der Waals surface area contributed by atoms with Crippen molar-refractivity contribution < 1.29 is 14.4 Å². The van der Waals surface area contributed by atoms with Crippen LogP contribution in [0.1, 0.15) is 89.9 Å². The average Bonchev–Trinajstić information content (AvgIpc) is 2.55. The zero-order valence-corrected chi connectivity index (χ0v) is 14.7. The van der Waals surface area contributed by atoms with E-state index in [1.807, 2.05) is 0 Å². The summed E-state index contributed by atoms with van der Waals surface area (Å²) in [6, 6.07) is 0. The van der Waals surface area contributed by atoms with E-state index in [0.717, 1.165) is 57.8 Å². The Bertz CT molecular complexity index is 407. The predicted octanol–water partition coefficient (Wildman–Crippen LogP) is 3.99. The molecule has 3 aliphatic rings. The lowest BCUT2D eigenvalue weighted by atomic mass is 9.61. The Labute approximate surface area is 135 Å². The van der Waals surface area contributed by atoms with Crippen molar-refractivity contribution in [3.63, 3.8) is 0 Å². The van der Waals surface area contributed by atoms with Gasteiger partial charge in [-0.25, -0.2) is 0 Å². The minimum atomic E-state index is -4.56. The largest absolute Gasteiger partial charge is 0.810 e. The molecular weight excluding hydrogens is 295 g/mol. The fourth-order valence-corrected chi connectivity index (χ4v) is 7.94. The monoisotopic (exact) mass is 326 g/mol. The van der Waals surface area contributed by atoms with Gasteiger partial charge in [0.2, 0.25) is 0 Å². The van der Waals surface area contributed by atoms with Gasteiger partial charge < -0.3 is 14.4 Å².